The Hall–Kier alpha value is -0.280. The van der Waals surface area contributed by atoms with E-state index in [4.69, 9.17) is 32.7 Å². The maximum Gasteiger partial charge on any atom is 0.193 e. The van der Waals surface area contributed by atoms with Crippen LogP contribution in [0.3, 0.4) is 0 Å². The summed E-state index contributed by atoms with van der Waals surface area (Å²) in [5.41, 5.74) is 1.07. The van der Waals surface area contributed by atoms with Crippen LogP contribution in [0.1, 0.15) is 5.56 Å². The number of nitrogens with zero attached hydrogens (tertiary/aromatic N) is 2. The highest BCUT2D eigenvalue weighted by Crippen LogP contribution is 2.23. The summed E-state index contributed by atoms with van der Waals surface area (Å²) in [6, 6.07) is 5.61. The van der Waals surface area contributed by atoms with Gasteiger partial charge in [-0.25, -0.2) is 0 Å². The summed E-state index contributed by atoms with van der Waals surface area (Å²) in [6.45, 7) is 3.16. The lowest BCUT2D eigenvalue weighted by Gasteiger charge is -2.22. The highest BCUT2D eigenvalue weighted by Gasteiger charge is 2.07. The first-order chi connectivity index (χ1) is 10.6. The normalized spacial score (nSPS) is 11.1. The van der Waals surface area contributed by atoms with E-state index in [0.717, 1.165) is 11.5 Å². The Morgan fingerprint density at radius 1 is 1.22 bits per heavy atom. The lowest BCUT2D eigenvalue weighted by Crippen LogP contribution is -2.40. The molecule has 0 amide bonds. The summed E-state index contributed by atoms with van der Waals surface area (Å²) in [5, 5.41) is 4.36. The fourth-order valence-electron chi connectivity index (χ4n) is 1.85. The van der Waals surface area contributed by atoms with Crippen molar-refractivity contribution in [3.63, 3.8) is 0 Å². The summed E-state index contributed by atoms with van der Waals surface area (Å²) in [5.74, 6) is 0.793. The SMILES string of the molecule is CN=C(NCCOCCOC)N(C)Cc1ccc(Cl)c(Cl)c1.I. The monoisotopic (exact) mass is 475 g/mol. The van der Waals surface area contributed by atoms with Crippen LogP contribution in [0.25, 0.3) is 0 Å². The molecule has 1 N–H and O–H groups in total. The average molecular weight is 476 g/mol. The molecule has 0 saturated carbocycles. The molecule has 1 aromatic carbocycles. The third-order valence-electron chi connectivity index (χ3n) is 2.94. The number of halogens is 3. The zero-order valence-corrected chi connectivity index (χ0v) is 17.5. The topological polar surface area (TPSA) is 46.1 Å². The van der Waals surface area contributed by atoms with Gasteiger partial charge in [-0.15, -0.1) is 24.0 Å². The van der Waals surface area contributed by atoms with Gasteiger partial charge in [0.05, 0.1) is 29.9 Å². The van der Waals surface area contributed by atoms with Gasteiger partial charge in [-0.1, -0.05) is 29.3 Å². The van der Waals surface area contributed by atoms with Crippen molar-refractivity contribution in [2.75, 3.05) is 47.6 Å². The van der Waals surface area contributed by atoms with Crippen molar-refractivity contribution < 1.29 is 9.47 Å². The maximum atomic E-state index is 6.03. The number of hydrogen-bond acceptors (Lipinski definition) is 3. The molecule has 0 heterocycles. The first-order valence-electron chi connectivity index (χ1n) is 7.01. The predicted molar refractivity (Wildman–Crippen MR) is 107 cm³/mol. The zero-order valence-electron chi connectivity index (χ0n) is 13.6. The van der Waals surface area contributed by atoms with Crippen LogP contribution in [-0.4, -0.2) is 58.4 Å². The second-order valence-electron chi connectivity index (χ2n) is 4.68. The molecule has 0 bridgehead atoms. The molecule has 132 valence electrons. The molecular formula is C15H24Cl2IN3O2. The Morgan fingerprint density at radius 2 is 1.96 bits per heavy atom. The van der Waals surface area contributed by atoms with E-state index < -0.39 is 0 Å². The first-order valence-corrected chi connectivity index (χ1v) is 7.76. The van der Waals surface area contributed by atoms with Gasteiger partial charge in [0.25, 0.3) is 0 Å². The minimum absolute atomic E-state index is 0. The van der Waals surface area contributed by atoms with Gasteiger partial charge in [0.2, 0.25) is 0 Å². The molecule has 0 aliphatic rings. The minimum atomic E-state index is 0. The summed E-state index contributed by atoms with van der Waals surface area (Å²) in [7, 11) is 5.37. The van der Waals surface area contributed by atoms with E-state index in [2.05, 4.69) is 10.3 Å². The van der Waals surface area contributed by atoms with Crippen LogP contribution < -0.4 is 5.32 Å². The standard InChI is InChI=1S/C15H23Cl2N3O2.HI/c1-18-15(19-6-7-22-9-8-21-3)20(2)11-12-4-5-13(16)14(17)10-12;/h4-5,10H,6-9,11H2,1-3H3,(H,18,19);1H. The summed E-state index contributed by atoms with van der Waals surface area (Å²) < 4.78 is 10.3. The Bertz CT molecular complexity index is 490. The van der Waals surface area contributed by atoms with Gasteiger partial charge in [-0.3, -0.25) is 4.99 Å². The highest BCUT2D eigenvalue weighted by atomic mass is 127. The second kappa shape index (κ2) is 13.1. The largest absolute Gasteiger partial charge is 0.382 e. The molecule has 1 rings (SSSR count). The number of methoxy groups -OCH3 is 1. The number of hydrogen-bond donors (Lipinski definition) is 1. The summed E-state index contributed by atoms with van der Waals surface area (Å²) in [6.07, 6.45) is 0. The molecule has 5 nitrogen and oxygen atoms in total. The Balaban J connectivity index is 0.00000484. The molecule has 0 unspecified atom stereocenters. The van der Waals surface area contributed by atoms with Gasteiger partial charge in [0, 0.05) is 34.3 Å². The number of ether oxygens (including phenoxy) is 2. The molecule has 0 aromatic heterocycles. The maximum absolute atomic E-state index is 6.03. The zero-order chi connectivity index (χ0) is 16.4. The average Bonchev–Trinajstić information content (AvgIpc) is 2.50. The fraction of sp³-hybridized carbons (Fsp3) is 0.533. The van der Waals surface area contributed by atoms with Crippen LogP contribution in [0.2, 0.25) is 10.0 Å². The van der Waals surface area contributed by atoms with E-state index in [1.165, 1.54) is 0 Å². The molecule has 23 heavy (non-hydrogen) atoms. The molecule has 0 radical (unpaired) electrons. The molecule has 0 aliphatic carbocycles. The molecule has 0 fully saturated rings. The number of rotatable bonds is 8. The lowest BCUT2D eigenvalue weighted by molar-refractivity contribution is 0.0731. The third kappa shape index (κ3) is 8.95. The lowest BCUT2D eigenvalue weighted by atomic mass is 10.2. The van der Waals surface area contributed by atoms with Crippen LogP contribution in [0, 0.1) is 0 Å². The molecule has 0 aliphatic heterocycles. The van der Waals surface area contributed by atoms with Gasteiger partial charge in [0.15, 0.2) is 5.96 Å². The second-order valence-corrected chi connectivity index (χ2v) is 5.50. The molecule has 0 saturated heterocycles. The number of nitrogens with one attached hydrogen (secondary N) is 1. The quantitative estimate of drug-likeness (QED) is 0.271. The molecule has 1 aromatic rings. The third-order valence-corrected chi connectivity index (χ3v) is 3.68. The number of guanidine groups is 1. The van der Waals surface area contributed by atoms with Crippen molar-refractivity contribution in [3.05, 3.63) is 33.8 Å². The Kier molecular flexibility index (Phi) is 12.9. The van der Waals surface area contributed by atoms with Crippen molar-refractivity contribution in [3.8, 4) is 0 Å². The van der Waals surface area contributed by atoms with Crippen molar-refractivity contribution in [1.82, 2.24) is 10.2 Å². The first kappa shape index (κ1) is 22.7. The van der Waals surface area contributed by atoms with Crippen LogP contribution in [-0.2, 0) is 16.0 Å². The van der Waals surface area contributed by atoms with Gasteiger partial charge < -0.3 is 19.7 Å². The number of aliphatic imine (C=N–C) groups is 1. The van der Waals surface area contributed by atoms with E-state index in [-0.39, 0.29) is 24.0 Å². The molecule has 8 heteroatoms. The van der Waals surface area contributed by atoms with E-state index in [0.29, 0.717) is 43.0 Å². The molecular weight excluding hydrogens is 452 g/mol. The summed E-state index contributed by atoms with van der Waals surface area (Å²) >= 11 is 12.0. The number of benzene rings is 1. The molecule has 0 spiro atoms. The van der Waals surface area contributed by atoms with Crippen LogP contribution in [0.15, 0.2) is 23.2 Å². The van der Waals surface area contributed by atoms with Gasteiger partial charge >= 0.3 is 0 Å². The van der Waals surface area contributed by atoms with Crippen LogP contribution in [0.4, 0.5) is 0 Å². The highest BCUT2D eigenvalue weighted by molar-refractivity contribution is 14.0. The predicted octanol–water partition coefficient (Wildman–Crippen LogP) is 3.28. The minimum Gasteiger partial charge on any atom is -0.382 e. The van der Waals surface area contributed by atoms with E-state index in [9.17, 15) is 0 Å². The van der Waals surface area contributed by atoms with E-state index in [1.54, 1.807) is 20.2 Å². The van der Waals surface area contributed by atoms with Crippen molar-refractivity contribution in [2.45, 2.75) is 6.54 Å². The van der Waals surface area contributed by atoms with Crippen molar-refractivity contribution in [1.29, 1.82) is 0 Å². The van der Waals surface area contributed by atoms with Crippen LogP contribution in [0.5, 0.6) is 0 Å². The van der Waals surface area contributed by atoms with E-state index >= 15 is 0 Å². The molecule has 0 atom stereocenters. The van der Waals surface area contributed by atoms with Gasteiger partial charge in [-0.05, 0) is 17.7 Å². The summed E-state index contributed by atoms with van der Waals surface area (Å²) in [4.78, 5) is 6.26. The van der Waals surface area contributed by atoms with Gasteiger partial charge in [-0.2, -0.15) is 0 Å². The van der Waals surface area contributed by atoms with Crippen LogP contribution >= 0.6 is 47.2 Å². The van der Waals surface area contributed by atoms with Gasteiger partial charge in [0.1, 0.15) is 0 Å². The smallest absolute Gasteiger partial charge is 0.193 e. The Labute approximate surface area is 165 Å². The Morgan fingerprint density at radius 3 is 2.57 bits per heavy atom. The van der Waals surface area contributed by atoms with Crippen molar-refractivity contribution >= 4 is 53.1 Å². The van der Waals surface area contributed by atoms with Crippen molar-refractivity contribution in [2.24, 2.45) is 4.99 Å². The fourth-order valence-corrected chi connectivity index (χ4v) is 2.17. The van der Waals surface area contributed by atoms with E-state index in [1.807, 2.05) is 24.1 Å².